The summed E-state index contributed by atoms with van der Waals surface area (Å²) in [5.41, 5.74) is 9.83. The number of amides is 3. The number of benzene rings is 3. The van der Waals surface area contributed by atoms with Crippen LogP contribution in [0.4, 0.5) is 15.5 Å². The Balaban J connectivity index is 1.30. The van der Waals surface area contributed by atoms with Crippen LogP contribution in [0.2, 0.25) is 0 Å². The minimum Gasteiger partial charge on any atom is -0.459 e. The summed E-state index contributed by atoms with van der Waals surface area (Å²) in [6.07, 6.45) is 0.0175. The van der Waals surface area contributed by atoms with E-state index in [0.717, 1.165) is 22.3 Å². The van der Waals surface area contributed by atoms with Gasteiger partial charge >= 0.3 is 18.2 Å². The van der Waals surface area contributed by atoms with Gasteiger partial charge in [-0.15, -0.1) is 0 Å². The average molecular weight is 725 g/mol. The number of anilines is 1. The van der Waals surface area contributed by atoms with Gasteiger partial charge in [0, 0.05) is 25.0 Å². The second-order valence-corrected chi connectivity index (χ2v) is 15.0. The summed E-state index contributed by atoms with van der Waals surface area (Å²) in [5.74, 6) is -0.872. The molecule has 13 heteroatoms. The number of hydrogen-bond donors (Lipinski definition) is 3. The number of alkyl carbamates (subject to hydrolysis) is 2. The van der Waals surface area contributed by atoms with Gasteiger partial charge < -0.3 is 35.5 Å². The van der Waals surface area contributed by atoms with Gasteiger partial charge in [0.05, 0.1) is 5.52 Å². The SMILES string of the molecule is CC(C)(C)OC(=O)NCCCCC(NC(=O)OC(C)(C)C)C(=O)OCc1ccccc1-c1ccc2nc(N)nc(C(=O)N3Cc4ccccc4C3)c2c1. The maximum atomic E-state index is 13.8. The Kier molecular flexibility index (Phi) is 11.8. The summed E-state index contributed by atoms with van der Waals surface area (Å²) in [6, 6.07) is 19.9. The Morgan fingerprint density at radius 1 is 0.830 bits per heavy atom. The molecule has 5 rings (SSSR count). The van der Waals surface area contributed by atoms with Crippen molar-refractivity contribution in [1.82, 2.24) is 25.5 Å². The van der Waals surface area contributed by atoms with Crippen molar-refractivity contribution >= 4 is 40.9 Å². The van der Waals surface area contributed by atoms with Gasteiger partial charge in [-0.05, 0) is 101 Å². The second-order valence-electron chi connectivity index (χ2n) is 15.0. The predicted octanol–water partition coefficient (Wildman–Crippen LogP) is 6.67. The van der Waals surface area contributed by atoms with Crippen LogP contribution in [0.15, 0.2) is 66.7 Å². The first-order chi connectivity index (χ1) is 25.1. The van der Waals surface area contributed by atoms with Crippen LogP contribution in [0.5, 0.6) is 0 Å². The molecule has 0 fully saturated rings. The fourth-order valence-electron chi connectivity index (χ4n) is 5.96. The predicted molar refractivity (Wildman–Crippen MR) is 200 cm³/mol. The quantitative estimate of drug-likeness (QED) is 0.0861. The number of hydrogen-bond acceptors (Lipinski definition) is 10. The van der Waals surface area contributed by atoms with E-state index in [4.69, 9.17) is 19.9 Å². The van der Waals surface area contributed by atoms with Gasteiger partial charge in [0.25, 0.3) is 5.91 Å². The van der Waals surface area contributed by atoms with Crippen molar-refractivity contribution in [3.05, 3.63) is 89.1 Å². The molecular formula is C40H48N6O7. The van der Waals surface area contributed by atoms with E-state index in [1.54, 1.807) is 52.5 Å². The lowest BCUT2D eigenvalue weighted by Crippen LogP contribution is -2.44. The Labute approximate surface area is 309 Å². The van der Waals surface area contributed by atoms with Gasteiger partial charge in [0.15, 0.2) is 0 Å². The van der Waals surface area contributed by atoms with Crippen LogP contribution in [0.1, 0.15) is 88.0 Å². The van der Waals surface area contributed by atoms with Crippen molar-refractivity contribution in [1.29, 1.82) is 0 Å². The third-order valence-electron chi connectivity index (χ3n) is 8.31. The summed E-state index contributed by atoms with van der Waals surface area (Å²) in [5, 5.41) is 5.90. The Morgan fingerprint density at radius 2 is 1.47 bits per heavy atom. The fraction of sp³-hybridized carbons (Fsp3) is 0.400. The van der Waals surface area contributed by atoms with Crippen LogP contribution < -0.4 is 16.4 Å². The number of unbranched alkanes of at least 4 members (excludes halogenated alkanes) is 1. The van der Waals surface area contributed by atoms with Crippen molar-refractivity contribution < 1.29 is 33.4 Å². The minimum atomic E-state index is -0.993. The van der Waals surface area contributed by atoms with E-state index in [1.165, 1.54) is 0 Å². The number of esters is 1. The van der Waals surface area contributed by atoms with Gasteiger partial charge in [0.2, 0.25) is 5.95 Å². The van der Waals surface area contributed by atoms with E-state index in [9.17, 15) is 19.2 Å². The third kappa shape index (κ3) is 10.7. The maximum absolute atomic E-state index is 13.8. The zero-order valence-corrected chi connectivity index (χ0v) is 31.2. The molecule has 4 aromatic rings. The van der Waals surface area contributed by atoms with E-state index < -0.39 is 35.4 Å². The highest BCUT2D eigenvalue weighted by Gasteiger charge is 2.28. The average Bonchev–Trinajstić information content (AvgIpc) is 3.52. The van der Waals surface area contributed by atoms with Crippen LogP contribution in [0.3, 0.4) is 0 Å². The summed E-state index contributed by atoms with van der Waals surface area (Å²) in [6.45, 7) is 11.7. The van der Waals surface area contributed by atoms with Crippen molar-refractivity contribution in [3.63, 3.8) is 0 Å². The molecule has 0 saturated heterocycles. The highest BCUT2D eigenvalue weighted by atomic mass is 16.6. The summed E-state index contributed by atoms with van der Waals surface area (Å²) in [7, 11) is 0. The zero-order chi connectivity index (χ0) is 38.3. The Bertz CT molecular complexity index is 1960. The lowest BCUT2D eigenvalue weighted by Gasteiger charge is -2.23. The number of nitrogen functional groups attached to an aromatic ring is 1. The molecule has 0 saturated carbocycles. The molecule has 0 radical (unpaired) electrons. The molecule has 1 atom stereocenters. The molecule has 13 nitrogen and oxygen atoms in total. The topological polar surface area (TPSA) is 175 Å². The highest BCUT2D eigenvalue weighted by molar-refractivity contribution is 6.06. The molecule has 280 valence electrons. The Hall–Kier alpha value is -5.72. The van der Waals surface area contributed by atoms with Crippen LogP contribution >= 0.6 is 0 Å². The first-order valence-corrected chi connectivity index (χ1v) is 17.7. The maximum Gasteiger partial charge on any atom is 0.408 e. The van der Waals surface area contributed by atoms with Crippen LogP contribution in [-0.2, 0) is 38.7 Å². The van der Waals surface area contributed by atoms with E-state index in [2.05, 4.69) is 20.6 Å². The molecule has 2 heterocycles. The van der Waals surface area contributed by atoms with Gasteiger partial charge in [0.1, 0.15) is 29.5 Å². The Morgan fingerprint density at radius 3 is 2.15 bits per heavy atom. The number of ether oxygens (including phenoxy) is 3. The van der Waals surface area contributed by atoms with Gasteiger partial charge in [-0.3, -0.25) is 4.79 Å². The van der Waals surface area contributed by atoms with Gasteiger partial charge in [-0.25, -0.2) is 24.4 Å². The molecule has 1 aromatic heterocycles. The first-order valence-electron chi connectivity index (χ1n) is 17.7. The molecule has 3 aromatic carbocycles. The molecule has 1 unspecified atom stereocenters. The fourth-order valence-corrected chi connectivity index (χ4v) is 5.96. The lowest BCUT2D eigenvalue weighted by molar-refractivity contribution is -0.147. The molecule has 4 N–H and O–H groups in total. The number of aromatic nitrogens is 2. The second kappa shape index (κ2) is 16.3. The molecule has 0 aliphatic carbocycles. The molecule has 0 spiro atoms. The van der Waals surface area contributed by atoms with Crippen LogP contribution in [-0.4, -0.2) is 62.7 Å². The summed E-state index contributed by atoms with van der Waals surface area (Å²) < 4.78 is 16.5. The number of fused-ring (bicyclic) bond motifs is 2. The van der Waals surface area contributed by atoms with E-state index in [-0.39, 0.29) is 30.6 Å². The molecule has 0 bridgehead atoms. The number of carbonyl (C=O) groups excluding carboxylic acids is 4. The molecule has 1 aliphatic rings. The van der Waals surface area contributed by atoms with Crippen LogP contribution in [0.25, 0.3) is 22.0 Å². The summed E-state index contributed by atoms with van der Waals surface area (Å²) in [4.78, 5) is 62.5. The van der Waals surface area contributed by atoms with Crippen molar-refractivity contribution in [2.24, 2.45) is 0 Å². The summed E-state index contributed by atoms with van der Waals surface area (Å²) >= 11 is 0. The molecular weight excluding hydrogens is 676 g/mol. The largest absolute Gasteiger partial charge is 0.459 e. The normalized spacial score (nSPS) is 13.2. The van der Waals surface area contributed by atoms with Crippen LogP contribution in [0, 0.1) is 0 Å². The van der Waals surface area contributed by atoms with Crippen molar-refractivity contribution in [2.75, 3.05) is 12.3 Å². The zero-order valence-electron chi connectivity index (χ0n) is 31.2. The standard InChI is InChI=1S/C40H48N6O7/c1-39(2,3)52-37(49)42-20-12-11-17-32(44-38(50)53-40(4,5)6)35(48)51-24-28-15-9-10-16-29(28)25-18-19-31-30(21-25)33(45-36(41)43-31)34(47)46-22-26-13-7-8-14-27(26)23-46/h7-10,13-16,18-19,21,32H,11-12,17,20,22-24H2,1-6H3,(H,42,49)(H,44,50)(H2,41,43,45). The van der Waals surface area contributed by atoms with E-state index in [0.29, 0.717) is 48.9 Å². The smallest absolute Gasteiger partial charge is 0.408 e. The number of nitrogens with zero attached hydrogens (tertiary/aromatic N) is 3. The van der Waals surface area contributed by atoms with Gasteiger partial charge in [-0.1, -0.05) is 54.6 Å². The van der Waals surface area contributed by atoms with Crippen molar-refractivity contribution in [2.45, 2.75) is 97.7 Å². The number of rotatable bonds is 11. The number of nitrogens with two attached hydrogens (primary N) is 1. The molecule has 1 aliphatic heterocycles. The first kappa shape index (κ1) is 38.5. The molecule has 53 heavy (non-hydrogen) atoms. The van der Waals surface area contributed by atoms with E-state index in [1.807, 2.05) is 60.7 Å². The molecule has 3 amide bonds. The monoisotopic (exact) mass is 724 g/mol. The lowest BCUT2D eigenvalue weighted by atomic mass is 9.98. The van der Waals surface area contributed by atoms with Crippen molar-refractivity contribution in [3.8, 4) is 11.1 Å². The van der Waals surface area contributed by atoms with E-state index >= 15 is 0 Å². The minimum absolute atomic E-state index is 0.00599. The van der Waals surface area contributed by atoms with Gasteiger partial charge in [-0.2, -0.15) is 0 Å². The highest BCUT2D eigenvalue weighted by Crippen LogP contribution is 2.31. The number of nitrogens with one attached hydrogen (secondary N) is 2. The third-order valence-corrected chi connectivity index (χ3v) is 8.31. The number of carbonyl (C=O) groups is 4.